The number of nitrogens with zero attached hydrogens (tertiary/aromatic N) is 2. The molecule has 0 unspecified atom stereocenters. The molecule has 3 rings (SSSR count). The molecule has 0 aliphatic carbocycles. The number of nitrogens with one attached hydrogen (secondary N) is 1. The van der Waals surface area contributed by atoms with Gasteiger partial charge in [-0.15, -0.1) is 0 Å². The molecule has 0 atom stereocenters. The number of nitrogen functional groups attached to an aromatic ring is 2. The van der Waals surface area contributed by atoms with Gasteiger partial charge in [-0.25, -0.2) is 4.98 Å². The Balaban J connectivity index is 2.16. The highest BCUT2D eigenvalue weighted by Crippen LogP contribution is 2.40. The van der Waals surface area contributed by atoms with Gasteiger partial charge >= 0.3 is 0 Å². The third kappa shape index (κ3) is 3.46. The van der Waals surface area contributed by atoms with Gasteiger partial charge in [-0.1, -0.05) is 6.04 Å². The van der Waals surface area contributed by atoms with Crippen LogP contribution in [0.2, 0.25) is 0 Å². The highest BCUT2D eigenvalue weighted by Gasteiger charge is 2.14. The minimum Gasteiger partial charge on any atom is -0.493 e. The van der Waals surface area contributed by atoms with Crippen molar-refractivity contribution in [1.82, 2.24) is 9.97 Å². The Morgan fingerprint density at radius 3 is 2.48 bits per heavy atom. The highest BCUT2D eigenvalue weighted by molar-refractivity contribution is 5.92. The maximum absolute atomic E-state index is 8.67. The molecule has 142 valence electrons. The standard InChI is InChI=1S/C19H23N5O3/c1-10-11(5-6-13-16(10)18(20)24-19(21)23-13)9-22-12-7-14(25-2)17(27-4)15(8-12)26-3/h5-8,22H,9H2,1-4H3,(H4,20,21,23,24)/i4D3,5D,6D,9D2. The van der Waals surface area contributed by atoms with Crippen LogP contribution in [0.15, 0.2) is 24.2 Å². The van der Waals surface area contributed by atoms with E-state index in [9.17, 15) is 0 Å². The molecule has 8 nitrogen and oxygen atoms in total. The Labute approximate surface area is 167 Å². The normalized spacial score (nSPS) is 15.4. The average Bonchev–Trinajstić information content (AvgIpc) is 2.70. The van der Waals surface area contributed by atoms with Gasteiger partial charge in [0.1, 0.15) is 5.82 Å². The molecule has 0 fully saturated rings. The molecule has 1 heterocycles. The van der Waals surface area contributed by atoms with Gasteiger partial charge in [-0.3, -0.25) is 0 Å². The molecule has 0 aliphatic heterocycles. The Bertz CT molecular complexity index is 1240. The molecule has 1 aromatic heterocycles. The monoisotopic (exact) mass is 376 g/mol. The molecule has 0 saturated heterocycles. The van der Waals surface area contributed by atoms with E-state index in [4.69, 9.17) is 35.3 Å². The van der Waals surface area contributed by atoms with E-state index in [-0.39, 0.29) is 62.8 Å². The lowest BCUT2D eigenvalue weighted by atomic mass is 10.0. The zero-order valence-corrected chi connectivity index (χ0v) is 14.9. The zero-order chi connectivity index (χ0) is 25.6. The van der Waals surface area contributed by atoms with Crippen LogP contribution in [0.1, 0.15) is 20.7 Å². The van der Waals surface area contributed by atoms with Crippen LogP contribution in [0.4, 0.5) is 17.5 Å². The first kappa shape index (κ1) is 11.3. The van der Waals surface area contributed by atoms with Gasteiger partial charge in [-0.2, -0.15) is 4.98 Å². The van der Waals surface area contributed by atoms with E-state index in [2.05, 4.69) is 15.3 Å². The van der Waals surface area contributed by atoms with E-state index < -0.39 is 19.6 Å². The van der Waals surface area contributed by atoms with E-state index in [0.29, 0.717) is 0 Å². The van der Waals surface area contributed by atoms with Crippen LogP contribution < -0.4 is 31.0 Å². The van der Waals surface area contributed by atoms with Crippen molar-refractivity contribution in [2.24, 2.45) is 0 Å². The summed E-state index contributed by atoms with van der Waals surface area (Å²) in [7, 11) is -0.200. The number of anilines is 3. The topological polar surface area (TPSA) is 118 Å². The van der Waals surface area contributed by atoms with Crippen molar-refractivity contribution in [2.45, 2.75) is 13.4 Å². The number of rotatable bonds is 6. The van der Waals surface area contributed by atoms with E-state index in [1.54, 1.807) is 6.92 Å². The maximum Gasteiger partial charge on any atom is 0.222 e. The molecule has 27 heavy (non-hydrogen) atoms. The fraction of sp³-hybridized carbons (Fsp3) is 0.263. The number of benzene rings is 2. The van der Waals surface area contributed by atoms with Crippen molar-refractivity contribution in [2.75, 3.05) is 38.0 Å². The quantitative estimate of drug-likeness (QED) is 0.601. The number of fused-ring (bicyclic) bond motifs is 1. The number of methoxy groups -OCH3 is 3. The molecule has 8 heteroatoms. The minimum atomic E-state index is -2.78. The number of hydrogen-bond donors (Lipinski definition) is 3. The second-order valence-corrected chi connectivity index (χ2v) is 5.50. The van der Waals surface area contributed by atoms with Gasteiger partial charge in [0.15, 0.2) is 11.5 Å². The largest absolute Gasteiger partial charge is 0.493 e. The first-order valence-electron chi connectivity index (χ1n) is 11.3. The number of hydrogen-bond acceptors (Lipinski definition) is 8. The third-order valence-electron chi connectivity index (χ3n) is 3.90. The third-order valence-corrected chi connectivity index (χ3v) is 3.90. The van der Waals surface area contributed by atoms with Crippen molar-refractivity contribution in [3.8, 4) is 17.2 Å². The van der Waals surface area contributed by atoms with Crippen LogP contribution in [-0.2, 0) is 6.50 Å². The molecule has 0 bridgehead atoms. The van der Waals surface area contributed by atoms with Gasteiger partial charge < -0.3 is 31.0 Å². The van der Waals surface area contributed by atoms with E-state index in [0.717, 1.165) is 0 Å². The number of aryl methyl sites for hydroxylation is 1. The summed E-state index contributed by atoms with van der Waals surface area (Å²) in [6.07, 6.45) is 0. The molecule has 0 spiro atoms. The maximum atomic E-state index is 8.67. The van der Waals surface area contributed by atoms with Crippen molar-refractivity contribution >= 4 is 28.4 Å². The van der Waals surface area contributed by atoms with Crippen LogP contribution in [0, 0.1) is 6.92 Å². The molecular weight excluding hydrogens is 346 g/mol. The first-order chi connectivity index (χ1) is 15.7. The Kier molecular flexibility index (Phi) is 3.12. The van der Waals surface area contributed by atoms with Crippen molar-refractivity contribution in [1.29, 1.82) is 0 Å². The first-order valence-corrected chi connectivity index (χ1v) is 7.76. The fourth-order valence-corrected chi connectivity index (χ4v) is 2.61. The Morgan fingerprint density at radius 1 is 1.15 bits per heavy atom. The fourth-order valence-electron chi connectivity index (χ4n) is 2.61. The number of aromatic nitrogens is 2. The Hall–Kier alpha value is -3.42. The summed E-state index contributed by atoms with van der Waals surface area (Å²) < 4.78 is 71.5. The lowest BCUT2D eigenvalue weighted by Crippen LogP contribution is -2.06. The van der Waals surface area contributed by atoms with Crippen molar-refractivity contribution in [3.63, 3.8) is 0 Å². The smallest absolute Gasteiger partial charge is 0.222 e. The molecule has 0 radical (unpaired) electrons. The summed E-state index contributed by atoms with van der Waals surface area (Å²) >= 11 is 0. The van der Waals surface area contributed by atoms with Crippen LogP contribution in [0.5, 0.6) is 17.2 Å². The molecule has 5 N–H and O–H groups in total. The SMILES string of the molecule is [2H]c1c(C([2H])([2H])Nc2cc(OC)c(OC([2H])([2H])[2H])c(OC)c2)c(C)c2c(N)nc(N)nc2c1[2H]. The van der Waals surface area contributed by atoms with E-state index >= 15 is 0 Å². The lowest BCUT2D eigenvalue weighted by Gasteiger charge is -2.16. The van der Waals surface area contributed by atoms with Gasteiger partial charge in [0.05, 0.1) is 36.4 Å². The highest BCUT2D eigenvalue weighted by atomic mass is 16.5. The summed E-state index contributed by atoms with van der Waals surface area (Å²) in [6, 6.07) is 1.86. The van der Waals surface area contributed by atoms with Crippen LogP contribution in [0.3, 0.4) is 0 Å². The predicted molar refractivity (Wildman–Crippen MR) is 107 cm³/mol. The summed E-state index contributed by atoms with van der Waals surface area (Å²) in [5.41, 5.74) is 11.9. The summed E-state index contributed by atoms with van der Waals surface area (Å²) in [6.45, 7) is -0.861. The second-order valence-electron chi connectivity index (χ2n) is 5.50. The van der Waals surface area contributed by atoms with E-state index in [1.807, 2.05) is 0 Å². The van der Waals surface area contributed by atoms with Crippen LogP contribution >= 0.6 is 0 Å². The van der Waals surface area contributed by atoms with Gasteiger partial charge in [0.2, 0.25) is 11.7 Å². The summed E-state index contributed by atoms with van der Waals surface area (Å²) in [5, 5.41) is 2.86. The van der Waals surface area contributed by atoms with Crippen molar-refractivity contribution in [3.05, 3.63) is 35.3 Å². The van der Waals surface area contributed by atoms with Gasteiger partial charge in [0.25, 0.3) is 0 Å². The average molecular weight is 376 g/mol. The number of ether oxygens (including phenoxy) is 3. The number of nitrogens with two attached hydrogens (primary N) is 2. The van der Waals surface area contributed by atoms with Crippen molar-refractivity contribution < 1.29 is 23.8 Å². The predicted octanol–water partition coefficient (Wildman–Crippen LogP) is 2.74. The minimum absolute atomic E-state index is 0.0237. The summed E-state index contributed by atoms with van der Waals surface area (Å²) in [5.74, 6) is -0.436. The molecule has 2 aromatic carbocycles. The molecule has 0 aliphatic rings. The zero-order valence-electron chi connectivity index (χ0n) is 21.9. The molecule has 0 amide bonds. The van der Waals surface area contributed by atoms with E-state index in [1.165, 1.54) is 26.4 Å². The van der Waals surface area contributed by atoms with Gasteiger partial charge in [0, 0.05) is 29.7 Å². The molecule has 3 aromatic rings. The molecule has 0 saturated carbocycles. The Morgan fingerprint density at radius 2 is 1.85 bits per heavy atom. The van der Waals surface area contributed by atoms with Crippen LogP contribution in [-0.4, -0.2) is 31.2 Å². The lowest BCUT2D eigenvalue weighted by molar-refractivity contribution is 0.324. The van der Waals surface area contributed by atoms with Gasteiger partial charge in [-0.05, 0) is 24.1 Å². The second kappa shape index (κ2) is 7.45. The molecular formula is C19H23N5O3. The van der Waals surface area contributed by atoms with Crippen LogP contribution in [0.25, 0.3) is 10.9 Å². The summed E-state index contributed by atoms with van der Waals surface area (Å²) in [4.78, 5) is 7.88.